The molecule has 1 atom stereocenters. The van der Waals surface area contributed by atoms with E-state index in [1.807, 2.05) is 19.1 Å². The molecule has 0 amide bonds. The Labute approximate surface area is 129 Å². The molecule has 1 heterocycles. The summed E-state index contributed by atoms with van der Waals surface area (Å²) in [7, 11) is 0. The minimum absolute atomic E-state index is 0.148. The zero-order valence-electron chi connectivity index (χ0n) is 12.0. The first-order valence-corrected chi connectivity index (χ1v) is 7.91. The van der Waals surface area contributed by atoms with Crippen molar-refractivity contribution in [2.75, 3.05) is 39.5 Å². The molecule has 112 valence electrons. The third-order valence-electron chi connectivity index (χ3n) is 3.34. The predicted octanol–water partition coefficient (Wildman–Crippen LogP) is 2.05. The highest BCUT2D eigenvalue weighted by Crippen LogP contribution is 2.23. The Morgan fingerprint density at radius 1 is 1.40 bits per heavy atom. The minimum atomic E-state index is 0.148. The molecule has 1 aromatic carbocycles. The SMILES string of the molecule is CC(N)Cc1cc(OCCN2CCOCC2)ccc1Br. The largest absolute Gasteiger partial charge is 0.492 e. The predicted molar refractivity (Wildman–Crippen MR) is 84.2 cm³/mol. The number of nitrogens with zero attached hydrogens (tertiary/aromatic N) is 1. The molecule has 1 aromatic rings. The lowest BCUT2D eigenvalue weighted by Crippen LogP contribution is -2.38. The van der Waals surface area contributed by atoms with E-state index >= 15 is 0 Å². The summed E-state index contributed by atoms with van der Waals surface area (Å²) in [5, 5.41) is 0. The van der Waals surface area contributed by atoms with Gasteiger partial charge in [-0.25, -0.2) is 0 Å². The lowest BCUT2D eigenvalue weighted by Gasteiger charge is -2.26. The third-order valence-corrected chi connectivity index (χ3v) is 4.11. The van der Waals surface area contributed by atoms with Crippen molar-refractivity contribution >= 4 is 15.9 Å². The van der Waals surface area contributed by atoms with E-state index in [0.717, 1.165) is 49.5 Å². The Morgan fingerprint density at radius 3 is 2.85 bits per heavy atom. The van der Waals surface area contributed by atoms with Crippen LogP contribution < -0.4 is 10.5 Å². The average molecular weight is 343 g/mol. The second-order valence-electron chi connectivity index (χ2n) is 5.24. The van der Waals surface area contributed by atoms with Crippen molar-refractivity contribution in [3.8, 4) is 5.75 Å². The Kier molecular flexibility index (Phi) is 6.29. The van der Waals surface area contributed by atoms with E-state index in [1.54, 1.807) is 0 Å². The summed E-state index contributed by atoms with van der Waals surface area (Å²) in [5.41, 5.74) is 7.06. The number of benzene rings is 1. The second kappa shape index (κ2) is 7.98. The fraction of sp³-hybridized carbons (Fsp3) is 0.600. The molecule has 1 saturated heterocycles. The summed E-state index contributed by atoms with van der Waals surface area (Å²) in [6.07, 6.45) is 0.848. The van der Waals surface area contributed by atoms with Crippen LogP contribution in [0.5, 0.6) is 5.75 Å². The summed E-state index contributed by atoms with van der Waals surface area (Å²) in [6, 6.07) is 6.25. The molecule has 2 rings (SSSR count). The molecule has 5 heteroatoms. The first-order chi connectivity index (χ1) is 9.65. The second-order valence-corrected chi connectivity index (χ2v) is 6.09. The molecule has 4 nitrogen and oxygen atoms in total. The number of ether oxygens (including phenoxy) is 2. The zero-order chi connectivity index (χ0) is 14.4. The lowest BCUT2D eigenvalue weighted by molar-refractivity contribution is 0.0322. The van der Waals surface area contributed by atoms with Crippen LogP contribution in [-0.4, -0.2) is 50.4 Å². The highest BCUT2D eigenvalue weighted by molar-refractivity contribution is 9.10. The highest BCUT2D eigenvalue weighted by atomic mass is 79.9. The quantitative estimate of drug-likeness (QED) is 0.859. The zero-order valence-corrected chi connectivity index (χ0v) is 13.6. The molecule has 0 aliphatic carbocycles. The molecule has 20 heavy (non-hydrogen) atoms. The normalized spacial score (nSPS) is 17.9. The van der Waals surface area contributed by atoms with Crippen LogP contribution in [0.4, 0.5) is 0 Å². The van der Waals surface area contributed by atoms with Crippen LogP contribution in [0.25, 0.3) is 0 Å². The van der Waals surface area contributed by atoms with Crippen molar-refractivity contribution in [1.82, 2.24) is 4.90 Å². The van der Waals surface area contributed by atoms with Crippen molar-refractivity contribution < 1.29 is 9.47 Å². The van der Waals surface area contributed by atoms with Gasteiger partial charge in [0, 0.05) is 30.1 Å². The summed E-state index contributed by atoms with van der Waals surface area (Å²) in [4.78, 5) is 2.37. The average Bonchev–Trinajstić information content (AvgIpc) is 2.43. The number of hydrogen-bond donors (Lipinski definition) is 1. The van der Waals surface area contributed by atoms with Crippen molar-refractivity contribution in [2.45, 2.75) is 19.4 Å². The van der Waals surface area contributed by atoms with Gasteiger partial charge in [-0.3, -0.25) is 4.90 Å². The standard InChI is InChI=1S/C15H23BrN2O2/c1-12(17)10-13-11-14(2-3-15(13)16)20-9-6-18-4-7-19-8-5-18/h2-3,11-12H,4-10,17H2,1H3. The van der Waals surface area contributed by atoms with E-state index < -0.39 is 0 Å². The summed E-state index contributed by atoms with van der Waals surface area (Å²) >= 11 is 3.56. The van der Waals surface area contributed by atoms with Crippen LogP contribution in [0.15, 0.2) is 22.7 Å². The van der Waals surface area contributed by atoms with E-state index in [9.17, 15) is 0 Å². The summed E-state index contributed by atoms with van der Waals surface area (Å²) in [5.74, 6) is 0.914. The molecule has 2 N–H and O–H groups in total. The summed E-state index contributed by atoms with van der Waals surface area (Å²) < 4.78 is 12.3. The van der Waals surface area contributed by atoms with E-state index in [2.05, 4.69) is 26.9 Å². The molecular weight excluding hydrogens is 320 g/mol. The fourth-order valence-electron chi connectivity index (χ4n) is 2.26. The van der Waals surface area contributed by atoms with E-state index in [4.69, 9.17) is 15.2 Å². The van der Waals surface area contributed by atoms with E-state index in [1.165, 1.54) is 5.56 Å². The minimum Gasteiger partial charge on any atom is -0.492 e. The van der Waals surface area contributed by atoms with Gasteiger partial charge in [-0.05, 0) is 37.1 Å². The first kappa shape index (κ1) is 15.8. The van der Waals surface area contributed by atoms with Crippen LogP contribution in [0.3, 0.4) is 0 Å². The molecule has 1 fully saturated rings. The number of halogens is 1. The lowest BCUT2D eigenvalue weighted by atomic mass is 10.1. The van der Waals surface area contributed by atoms with Gasteiger partial charge in [0.2, 0.25) is 0 Å². The van der Waals surface area contributed by atoms with Gasteiger partial charge in [0.05, 0.1) is 13.2 Å². The van der Waals surface area contributed by atoms with Crippen molar-refractivity contribution in [3.63, 3.8) is 0 Å². The van der Waals surface area contributed by atoms with Crippen molar-refractivity contribution in [3.05, 3.63) is 28.2 Å². The van der Waals surface area contributed by atoms with Gasteiger partial charge in [0.15, 0.2) is 0 Å². The topological polar surface area (TPSA) is 47.7 Å². The van der Waals surface area contributed by atoms with Crippen LogP contribution in [0.2, 0.25) is 0 Å². The Morgan fingerprint density at radius 2 is 2.15 bits per heavy atom. The molecule has 0 bridgehead atoms. The Balaban J connectivity index is 1.82. The number of nitrogens with two attached hydrogens (primary N) is 1. The van der Waals surface area contributed by atoms with Gasteiger partial charge in [-0.1, -0.05) is 15.9 Å². The molecule has 0 saturated carbocycles. The van der Waals surface area contributed by atoms with Gasteiger partial charge in [-0.15, -0.1) is 0 Å². The van der Waals surface area contributed by atoms with Crippen molar-refractivity contribution in [1.29, 1.82) is 0 Å². The molecule has 1 aliphatic heterocycles. The van der Waals surface area contributed by atoms with Gasteiger partial charge < -0.3 is 15.2 Å². The Hall–Kier alpha value is -0.620. The highest BCUT2D eigenvalue weighted by Gasteiger charge is 2.10. The van der Waals surface area contributed by atoms with Gasteiger partial charge in [-0.2, -0.15) is 0 Å². The van der Waals surface area contributed by atoms with Gasteiger partial charge >= 0.3 is 0 Å². The third kappa shape index (κ3) is 5.05. The molecule has 0 spiro atoms. The van der Waals surface area contributed by atoms with Crippen molar-refractivity contribution in [2.24, 2.45) is 5.73 Å². The van der Waals surface area contributed by atoms with E-state index in [0.29, 0.717) is 6.61 Å². The van der Waals surface area contributed by atoms with Crippen LogP contribution in [0.1, 0.15) is 12.5 Å². The maximum Gasteiger partial charge on any atom is 0.119 e. The van der Waals surface area contributed by atoms with Crippen LogP contribution >= 0.6 is 15.9 Å². The smallest absolute Gasteiger partial charge is 0.119 e. The molecule has 1 unspecified atom stereocenters. The van der Waals surface area contributed by atoms with Gasteiger partial charge in [0.1, 0.15) is 12.4 Å². The molecule has 0 aromatic heterocycles. The van der Waals surface area contributed by atoms with Gasteiger partial charge in [0.25, 0.3) is 0 Å². The number of morpholine rings is 1. The first-order valence-electron chi connectivity index (χ1n) is 7.12. The molecular formula is C15H23BrN2O2. The van der Waals surface area contributed by atoms with E-state index in [-0.39, 0.29) is 6.04 Å². The van der Waals surface area contributed by atoms with Crippen LogP contribution in [-0.2, 0) is 11.2 Å². The monoisotopic (exact) mass is 342 g/mol. The maximum atomic E-state index is 5.86. The Bertz CT molecular complexity index is 420. The summed E-state index contributed by atoms with van der Waals surface area (Å²) in [6.45, 7) is 7.33. The molecule has 0 radical (unpaired) electrons. The molecule has 1 aliphatic rings. The number of hydrogen-bond acceptors (Lipinski definition) is 4. The number of rotatable bonds is 6. The van der Waals surface area contributed by atoms with Crippen LogP contribution in [0, 0.1) is 0 Å². The maximum absolute atomic E-state index is 5.86. The fourth-order valence-corrected chi connectivity index (χ4v) is 2.67.